The number of nitrogens with zero attached hydrogens (tertiary/aromatic N) is 1. The molecule has 1 N–H and O–H groups in total. The minimum absolute atomic E-state index is 0.0411. The number of hydrogen-bond acceptors (Lipinski definition) is 4. The Morgan fingerprint density at radius 2 is 2.09 bits per heavy atom. The Morgan fingerprint density at radius 3 is 2.70 bits per heavy atom. The number of rotatable bonds is 6. The number of halogens is 1. The zero-order valence-corrected chi connectivity index (χ0v) is 14.0. The summed E-state index contributed by atoms with van der Waals surface area (Å²) in [5.41, 5.74) is 0.0411. The normalized spacial score (nSPS) is 21.9. The number of nitrogens with one attached hydrogen (secondary N) is 1. The summed E-state index contributed by atoms with van der Waals surface area (Å²) in [6, 6.07) is 4.23. The second-order valence-corrected chi connectivity index (χ2v) is 5.97. The Labute approximate surface area is 136 Å². The van der Waals surface area contributed by atoms with Gasteiger partial charge in [0, 0.05) is 32.2 Å². The summed E-state index contributed by atoms with van der Waals surface area (Å²) in [5, 5.41) is 2.76. The summed E-state index contributed by atoms with van der Waals surface area (Å²) >= 11 is 0. The van der Waals surface area contributed by atoms with E-state index in [-0.39, 0.29) is 17.8 Å². The maximum absolute atomic E-state index is 13.8. The van der Waals surface area contributed by atoms with Crippen LogP contribution in [0.15, 0.2) is 18.2 Å². The number of carbonyl (C=O) groups is 1. The molecule has 1 aromatic carbocycles. The number of ether oxygens (including phenoxy) is 2. The van der Waals surface area contributed by atoms with Crippen LogP contribution in [0, 0.1) is 5.82 Å². The summed E-state index contributed by atoms with van der Waals surface area (Å²) in [4.78, 5) is 14.3. The van der Waals surface area contributed by atoms with Gasteiger partial charge in [0.15, 0.2) is 0 Å². The summed E-state index contributed by atoms with van der Waals surface area (Å²) in [5.74, 6) is -0.568. The molecule has 0 spiro atoms. The van der Waals surface area contributed by atoms with Crippen molar-refractivity contribution in [3.8, 4) is 5.75 Å². The highest BCUT2D eigenvalue weighted by atomic mass is 19.1. The number of morpholine rings is 1. The number of carbonyl (C=O) groups excluding carboxylic acids is 1. The molecule has 1 heterocycles. The molecule has 0 aliphatic carbocycles. The topological polar surface area (TPSA) is 50.8 Å². The van der Waals surface area contributed by atoms with E-state index in [0.717, 1.165) is 26.1 Å². The lowest BCUT2D eigenvalue weighted by Crippen LogP contribution is -2.46. The van der Waals surface area contributed by atoms with Crippen molar-refractivity contribution in [1.82, 2.24) is 10.2 Å². The van der Waals surface area contributed by atoms with Crippen LogP contribution < -0.4 is 10.1 Å². The van der Waals surface area contributed by atoms with Crippen molar-refractivity contribution in [2.24, 2.45) is 0 Å². The Morgan fingerprint density at radius 1 is 1.39 bits per heavy atom. The van der Waals surface area contributed by atoms with Gasteiger partial charge in [-0.3, -0.25) is 9.69 Å². The predicted octanol–water partition coefficient (Wildman–Crippen LogP) is 2.06. The number of methoxy groups -OCH3 is 1. The van der Waals surface area contributed by atoms with E-state index in [1.54, 1.807) is 6.07 Å². The highest BCUT2D eigenvalue weighted by Gasteiger charge is 2.21. The van der Waals surface area contributed by atoms with Crippen molar-refractivity contribution < 1.29 is 18.7 Å². The van der Waals surface area contributed by atoms with Gasteiger partial charge in [0.2, 0.25) is 0 Å². The molecule has 1 amide bonds. The summed E-state index contributed by atoms with van der Waals surface area (Å²) in [6.07, 6.45) is 1.30. The van der Waals surface area contributed by atoms with Gasteiger partial charge in [-0.25, -0.2) is 4.39 Å². The Hall–Kier alpha value is -1.66. The molecule has 2 unspecified atom stereocenters. The molecule has 23 heavy (non-hydrogen) atoms. The maximum Gasteiger partial charge on any atom is 0.254 e. The van der Waals surface area contributed by atoms with Gasteiger partial charge >= 0.3 is 0 Å². The van der Waals surface area contributed by atoms with Crippen molar-refractivity contribution in [2.45, 2.75) is 32.5 Å². The van der Waals surface area contributed by atoms with Crippen LogP contribution in [0.3, 0.4) is 0 Å². The van der Waals surface area contributed by atoms with Crippen molar-refractivity contribution in [3.63, 3.8) is 0 Å². The third kappa shape index (κ3) is 5.18. The molecule has 1 aliphatic rings. The zero-order valence-electron chi connectivity index (χ0n) is 14.0. The average Bonchev–Trinajstić information content (AvgIpc) is 2.50. The fraction of sp³-hybridized carbons (Fsp3) is 0.588. The molecule has 2 rings (SSSR count). The van der Waals surface area contributed by atoms with E-state index >= 15 is 0 Å². The van der Waals surface area contributed by atoms with Gasteiger partial charge in [0.1, 0.15) is 11.6 Å². The van der Waals surface area contributed by atoms with Gasteiger partial charge in [-0.15, -0.1) is 0 Å². The smallest absolute Gasteiger partial charge is 0.254 e. The first-order valence-corrected chi connectivity index (χ1v) is 7.99. The van der Waals surface area contributed by atoms with Gasteiger partial charge in [-0.2, -0.15) is 0 Å². The summed E-state index contributed by atoms with van der Waals surface area (Å²) < 4.78 is 24.4. The standard InChI is InChI=1S/C17H25FN2O3/c1-12-10-20(11-13(2)23-12)8-4-7-19-17(21)15-6-5-14(22-3)9-16(15)18/h5-6,9,12-13H,4,7-8,10-11H2,1-3H3,(H,19,21). The number of amides is 1. The fourth-order valence-corrected chi connectivity index (χ4v) is 2.87. The van der Waals surface area contributed by atoms with E-state index in [1.165, 1.54) is 19.2 Å². The van der Waals surface area contributed by atoms with Gasteiger partial charge < -0.3 is 14.8 Å². The van der Waals surface area contributed by atoms with Gasteiger partial charge in [0.05, 0.1) is 24.9 Å². The molecule has 0 radical (unpaired) electrons. The third-order valence-electron chi connectivity index (χ3n) is 3.85. The second kappa shape index (κ2) is 8.26. The van der Waals surface area contributed by atoms with E-state index in [1.807, 2.05) is 0 Å². The van der Waals surface area contributed by atoms with Crippen LogP contribution in [0.5, 0.6) is 5.75 Å². The first-order valence-electron chi connectivity index (χ1n) is 7.99. The molecule has 6 heteroatoms. The van der Waals surface area contributed by atoms with E-state index < -0.39 is 11.7 Å². The lowest BCUT2D eigenvalue weighted by molar-refractivity contribution is -0.0680. The summed E-state index contributed by atoms with van der Waals surface area (Å²) in [6.45, 7) is 7.36. The lowest BCUT2D eigenvalue weighted by Gasteiger charge is -2.35. The molecule has 1 aliphatic heterocycles. The van der Waals surface area contributed by atoms with Crippen LogP contribution in [0.25, 0.3) is 0 Å². The third-order valence-corrected chi connectivity index (χ3v) is 3.85. The molecular formula is C17H25FN2O3. The summed E-state index contributed by atoms with van der Waals surface area (Å²) in [7, 11) is 1.46. The molecule has 1 fully saturated rings. The van der Waals surface area contributed by atoms with Gasteiger partial charge in [0.25, 0.3) is 5.91 Å². The quantitative estimate of drug-likeness (QED) is 0.814. The van der Waals surface area contributed by atoms with Crippen LogP contribution in [-0.4, -0.2) is 56.3 Å². The van der Waals surface area contributed by atoms with E-state index in [2.05, 4.69) is 24.1 Å². The molecule has 5 nitrogen and oxygen atoms in total. The monoisotopic (exact) mass is 324 g/mol. The highest BCUT2D eigenvalue weighted by molar-refractivity contribution is 5.94. The maximum atomic E-state index is 13.8. The molecule has 0 bridgehead atoms. The van der Waals surface area contributed by atoms with Crippen LogP contribution in [-0.2, 0) is 4.74 Å². The van der Waals surface area contributed by atoms with Crippen LogP contribution in [0.2, 0.25) is 0 Å². The first kappa shape index (κ1) is 17.7. The van der Waals surface area contributed by atoms with E-state index in [9.17, 15) is 9.18 Å². The van der Waals surface area contributed by atoms with E-state index in [4.69, 9.17) is 9.47 Å². The van der Waals surface area contributed by atoms with Crippen molar-refractivity contribution in [3.05, 3.63) is 29.6 Å². The Bertz CT molecular complexity index is 529. The minimum Gasteiger partial charge on any atom is -0.497 e. The second-order valence-electron chi connectivity index (χ2n) is 5.97. The van der Waals surface area contributed by atoms with Crippen LogP contribution >= 0.6 is 0 Å². The predicted molar refractivity (Wildman–Crippen MR) is 86.4 cm³/mol. The Balaban J connectivity index is 1.74. The van der Waals surface area contributed by atoms with Crippen molar-refractivity contribution in [2.75, 3.05) is 33.3 Å². The minimum atomic E-state index is -0.572. The van der Waals surface area contributed by atoms with Crippen LogP contribution in [0.4, 0.5) is 4.39 Å². The molecule has 128 valence electrons. The highest BCUT2D eigenvalue weighted by Crippen LogP contribution is 2.16. The molecule has 0 aromatic heterocycles. The SMILES string of the molecule is COc1ccc(C(=O)NCCCN2CC(C)OC(C)C2)c(F)c1. The molecular weight excluding hydrogens is 299 g/mol. The number of benzene rings is 1. The zero-order chi connectivity index (χ0) is 16.8. The molecule has 1 saturated heterocycles. The largest absolute Gasteiger partial charge is 0.497 e. The molecule has 2 atom stereocenters. The van der Waals surface area contributed by atoms with Gasteiger partial charge in [-0.05, 0) is 32.4 Å². The van der Waals surface area contributed by atoms with Crippen molar-refractivity contribution >= 4 is 5.91 Å². The average molecular weight is 324 g/mol. The van der Waals surface area contributed by atoms with Crippen LogP contribution in [0.1, 0.15) is 30.6 Å². The van der Waals surface area contributed by atoms with Gasteiger partial charge in [-0.1, -0.05) is 0 Å². The fourth-order valence-electron chi connectivity index (χ4n) is 2.87. The number of hydrogen-bond donors (Lipinski definition) is 1. The Kier molecular flexibility index (Phi) is 6.36. The lowest BCUT2D eigenvalue weighted by atomic mass is 10.2. The molecule has 0 saturated carbocycles. The van der Waals surface area contributed by atoms with Crippen molar-refractivity contribution in [1.29, 1.82) is 0 Å². The first-order chi connectivity index (χ1) is 11.0. The van der Waals surface area contributed by atoms with E-state index in [0.29, 0.717) is 12.3 Å². The molecule has 1 aromatic rings.